The van der Waals surface area contributed by atoms with Gasteiger partial charge in [0.05, 0.1) is 17.3 Å². The molecule has 3 N–H and O–H groups in total. The number of nitrogens with one attached hydrogen (secondary N) is 1. The molecule has 9 heteroatoms. The standard InChI is InChI=1S/C23H20N8O/c1-30-8-7-15-9-19(16-10-25-23(24)26-11-16)29-21(20(15)22(30)32)28-18-5-3-14(4-6-18)17-12-27-31(2)13-17/h3-13H,1-2H3,(H,28,29)(H2,24,25,26). The third-order valence-corrected chi connectivity index (χ3v) is 5.22. The quantitative estimate of drug-likeness (QED) is 0.455. The Morgan fingerprint density at radius 3 is 2.38 bits per heavy atom. The average Bonchev–Trinajstić information content (AvgIpc) is 3.23. The largest absolute Gasteiger partial charge is 0.368 e. The van der Waals surface area contributed by atoms with Crippen molar-refractivity contribution in [3.63, 3.8) is 0 Å². The van der Waals surface area contributed by atoms with Gasteiger partial charge in [0, 0.05) is 55.7 Å². The summed E-state index contributed by atoms with van der Waals surface area (Å²) in [5.74, 6) is 0.653. The van der Waals surface area contributed by atoms with E-state index in [0.717, 1.165) is 22.2 Å². The molecule has 0 fully saturated rings. The lowest BCUT2D eigenvalue weighted by molar-refractivity contribution is 0.768. The van der Waals surface area contributed by atoms with Gasteiger partial charge in [0.15, 0.2) is 0 Å². The molecule has 32 heavy (non-hydrogen) atoms. The van der Waals surface area contributed by atoms with Gasteiger partial charge in [-0.05, 0) is 35.2 Å². The van der Waals surface area contributed by atoms with E-state index in [2.05, 4.69) is 20.4 Å². The third kappa shape index (κ3) is 3.56. The van der Waals surface area contributed by atoms with Crippen LogP contribution < -0.4 is 16.6 Å². The predicted octanol–water partition coefficient (Wildman–Crippen LogP) is 3.12. The number of nitrogens with two attached hydrogens (primary N) is 1. The molecule has 4 aromatic heterocycles. The zero-order chi connectivity index (χ0) is 22.2. The lowest BCUT2D eigenvalue weighted by atomic mass is 10.1. The first-order chi connectivity index (χ1) is 15.5. The zero-order valence-electron chi connectivity index (χ0n) is 17.5. The molecular weight excluding hydrogens is 404 g/mol. The van der Waals surface area contributed by atoms with Crippen LogP contribution in [0.5, 0.6) is 0 Å². The molecular formula is C23H20N8O. The Morgan fingerprint density at radius 1 is 0.938 bits per heavy atom. The van der Waals surface area contributed by atoms with Gasteiger partial charge in [-0.1, -0.05) is 12.1 Å². The van der Waals surface area contributed by atoms with Crippen LogP contribution in [0.4, 0.5) is 17.5 Å². The maximum Gasteiger partial charge on any atom is 0.261 e. The molecule has 9 nitrogen and oxygen atoms in total. The summed E-state index contributed by atoms with van der Waals surface area (Å²) in [7, 11) is 3.60. The Bertz CT molecular complexity index is 1480. The number of benzene rings is 1. The summed E-state index contributed by atoms with van der Waals surface area (Å²) in [4.78, 5) is 25.7. The fourth-order valence-corrected chi connectivity index (χ4v) is 3.52. The van der Waals surface area contributed by atoms with Gasteiger partial charge in [-0.3, -0.25) is 9.48 Å². The number of aryl methyl sites for hydroxylation is 2. The van der Waals surface area contributed by atoms with Crippen LogP contribution in [0.2, 0.25) is 0 Å². The van der Waals surface area contributed by atoms with Gasteiger partial charge in [-0.15, -0.1) is 0 Å². The van der Waals surface area contributed by atoms with Crippen molar-refractivity contribution in [2.75, 3.05) is 11.1 Å². The van der Waals surface area contributed by atoms with E-state index in [4.69, 9.17) is 10.7 Å². The van der Waals surface area contributed by atoms with Crippen molar-refractivity contribution in [3.05, 3.63) is 77.7 Å². The number of aromatic nitrogens is 6. The Balaban J connectivity index is 1.59. The summed E-state index contributed by atoms with van der Waals surface area (Å²) in [5, 5.41) is 8.80. The molecule has 0 aliphatic rings. The van der Waals surface area contributed by atoms with Crippen molar-refractivity contribution in [1.82, 2.24) is 29.3 Å². The molecule has 0 unspecified atom stereocenters. The summed E-state index contributed by atoms with van der Waals surface area (Å²) in [6.07, 6.45) is 8.74. The van der Waals surface area contributed by atoms with E-state index >= 15 is 0 Å². The molecule has 1 aromatic carbocycles. The van der Waals surface area contributed by atoms with Crippen molar-refractivity contribution >= 4 is 28.2 Å². The van der Waals surface area contributed by atoms with Gasteiger partial charge < -0.3 is 15.6 Å². The van der Waals surface area contributed by atoms with E-state index in [1.165, 1.54) is 4.57 Å². The van der Waals surface area contributed by atoms with Gasteiger partial charge >= 0.3 is 0 Å². The molecule has 0 bridgehead atoms. The first-order valence-electron chi connectivity index (χ1n) is 9.92. The van der Waals surface area contributed by atoms with Crippen molar-refractivity contribution < 1.29 is 0 Å². The lowest BCUT2D eigenvalue weighted by Crippen LogP contribution is -2.17. The molecule has 158 valence electrons. The number of nitrogens with zero attached hydrogens (tertiary/aromatic N) is 6. The fraction of sp³-hybridized carbons (Fsp3) is 0.0870. The second kappa shape index (κ2) is 7.62. The van der Waals surface area contributed by atoms with E-state index < -0.39 is 0 Å². The Hall–Kier alpha value is -4.53. The number of hydrogen-bond acceptors (Lipinski definition) is 7. The number of pyridine rings is 2. The lowest BCUT2D eigenvalue weighted by Gasteiger charge is -2.12. The number of anilines is 3. The van der Waals surface area contributed by atoms with Crippen LogP contribution in [0.15, 0.2) is 72.2 Å². The SMILES string of the molecule is Cn1cc(-c2ccc(Nc3nc(-c4cnc(N)nc4)cc4ccn(C)c(=O)c34)cc2)cn1. The van der Waals surface area contributed by atoms with Gasteiger partial charge in [-0.2, -0.15) is 5.10 Å². The summed E-state index contributed by atoms with van der Waals surface area (Å²) in [6.45, 7) is 0. The Morgan fingerprint density at radius 2 is 1.69 bits per heavy atom. The molecule has 4 heterocycles. The van der Waals surface area contributed by atoms with Crippen molar-refractivity contribution in [2.24, 2.45) is 14.1 Å². The molecule has 0 aliphatic carbocycles. The van der Waals surface area contributed by atoms with E-state index in [1.807, 2.05) is 55.8 Å². The molecule has 0 saturated heterocycles. The van der Waals surface area contributed by atoms with Gasteiger partial charge in [0.1, 0.15) is 5.82 Å². The Labute approximate surface area is 183 Å². The van der Waals surface area contributed by atoms with Crippen LogP contribution in [-0.2, 0) is 14.1 Å². The molecule has 0 saturated carbocycles. The molecule has 0 amide bonds. The van der Waals surface area contributed by atoms with Crippen molar-refractivity contribution in [2.45, 2.75) is 0 Å². The fourth-order valence-electron chi connectivity index (χ4n) is 3.52. The highest BCUT2D eigenvalue weighted by Gasteiger charge is 2.13. The average molecular weight is 424 g/mol. The van der Waals surface area contributed by atoms with Crippen LogP contribution in [-0.4, -0.2) is 29.3 Å². The number of nitrogen functional groups attached to an aromatic ring is 1. The highest BCUT2D eigenvalue weighted by molar-refractivity contribution is 5.95. The minimum Gasteiger partial charge on any atom is -0.368 e. The Kier molecular flexibility index (Phi) is 4.63. The third-order valence-electron chi connectivity index (χ3n) is 5.22. The highest BCUT2D eigenvalue weighted by Crippen LogP contribution is 2.28. The topological polar surface area (TPSA) is 117 Å². The molecule has 0 radical (unpaired) electrons. The first-order valence-corrected chi connectivity index (χ1v) is 9.92. The molecule has 0 spiro atoms. The monoisotopic (exact) mass is 424 g/mol. The summed E-state index contributed by atoms with van der Waals surface area (Å²) in [5.41, 5.74) is 9.71. The highest BCUT2D eigenvalue weighted by atomic mass is 16.1. The maximum atomic E-state index is 12.9. The van der Waals surface area contributed by atoms with E-state index in [1.54, 1.807) is 30.3 Å². The van der Waals surface area contributed by atoms with Crippen molar-refractivity contribution in [1.29, 1.82) is 0 Å². The second-order valence-electron chi connectivity index (χ2n) is 7.49. The molecule has 5 rings (SSSR count). The molecule has 0 atom stereocenters. The number of rotatable bonds is 4. The first kappa shape index (κ1) is 19.4. The minimum atomic E-state index is -0.135. The predicted molar refractivity (Wildman–Crippen MR) is 124 cm³/mol. The van der Waals surface area contributed by atoms with Crippen molar-refractivity contribution in [3.8, 4) is 22.4 Å². The van der Waals surface area contributed by atoms with E-state index in [-0.39, 0.29) is 11.5 Å². The van der Waals surface area contributed by atoms with Crippen LogP contribution >= 0.6 is 0 Å². The van der Waals surface area contributed by atoms with Gasteiger partial charge in [0.25, 0.3) is 5.56 Å². The van der Waals surface area contributed by atoms with E-state index in [9.17, 15) is 4.79 Å². The normalized spacial score (nSPS) is 11.1. The van der Waals surface area contributed by atoms with E-state index in [0.29, 0.717) is 22.5 Å². The zero-order valence-corrected chi connectivity index (χ0v) is 17.5. The number of fused-ring (bicyclic) bond motifs is 1. The van der Waals surface area contributed by atoms with Crippen LogP contribution in [0, 0.1) is 0 Å². The van der Waals surface area contributed by atoms with Gasteiger partial charge in [-0.25, -0.2) is 15.0 Å². The molecule has 0 aliphatic heterocycles. The van der Waals surface area contributed by atoms with Crippen LogP contribution in [0.1, 0.15) is 0 Å². The number of hydrogen-bond donors (Lipinski definition) is 2. The molecule has 5 aromatic rings. The smallest absolute Gasteiger partial charge is 0.261 e. The minimum absolute atomic E-state index is 0.135. The maximum absolute atomic E-state index is 12.9. The second-order valence-corrected chi connectivity index (χ2v) is 7.49. The van der Waals surface area contributed by atoms with Crippen LogP contribution in [0.25, 0.3) is 33.2 Å². The summed E-state index contributed by atoms with van der Waals surface area (Å²) in [6, 6.07) is 11.6. The van der Waals surface area contributed by atoms with Crippen LogP contribution in [0.3, 0.4) is 0 Å². The van der Waals surface area contributed by atoms with Gasteiger partial charge in [0.2, 0.25) is 5.95 Å². The summed E-state index contributed by atoms with van der Waals surface area (Å²) < 4.78 is 3.30. The summed E-state index contributed by atoms with van der Waals surface area (Å²) >= 11 is 0.